The molecule has 0 aliphatic carbocycles. The second kappa shape index (κ2) is 15.7. The first-order valence-electron chi connectivity index (χ1n) is 12.5. The van der Waals surface area contributed by atoms with Crippen LogP contribution >= 0.6 is 39.1 Å². The van der Waals surface area contributed by atoms with Crippen LogP contribution in [0.15, 0.2) is 71.2 Å². The Hall–Kier alpha value is -2.78. The Morgan fingerprint density at radius 1 is 0.923 bits per heavy atom. The number of ether oxygens (including phenoxy) is 3. The number of carboxylic acids is 1. The highest BCUT2D eigenvalue weighted by molar-refractivity contribution is 9.10. The molecule has 1 amide bonds. The summed E-state index contributed by atoms with van der Waals surface area (Å²) in [6, 6.07) is 19.6. The first kappa shape index (κ1) is 30.8. The molecule has 1 N–H and O–H groups in total. The minimum Gasteiger partial charge on any atom is -0.492 e. The quantitative estimate of drug-likeness (QED) is 0.199. The van der Waals surface area contributed by atoms with E-state index in [1.54, 1.807) is 66.4 Å². The van der Waals surface area contributed by atoms with Gasteiger partial charge >= 0.3 is 12.1 Å². The summed E-state index contributed by atoms with van der Waals surface area (Å²) in [5.41, 5.74) is 1.81. The lowest BCUT2D eigenvalue weighted by molar-refractivity contribution is -0.149. The average Bonchev–Trinajstić information content (AvgIpc) is 2.89. The summed E-state index contributed by atoms with van der Waals surface area (Å²) in [7, 11) is 0. The molecule has 0 fully saturated rings. The van der Waals surface area contributed by atoms with Crippen LogP contribution in [-0.2, 0) is 22.4 Å². The molecule has 1 unspecified atom stereocenters. The molecule has 1 atom stereocenters. The first-order chi connectivity index (χ1) is 18.7. The monoisotopic (exact) mass is 637 g/mol. The molecule has 0 saturated carbocycles. The molecule has 3 rings (SSSR count). The van der Waals surface area contributed by atoms with E-state index in [-0.39, 0.29) is 13.0 Å². The molecule has 3 aromatic carbocycles. The van der Waals surface area contributed by atoms with Crippen molar-refractivity contribution in [2.24, 2.45) is 0 Å². The fourth-order valence-electron chi connectivity index (χ4n) is 3.82. The number of halogens is 3. The Bertz CT molecular complexity index is 1200. The highest BCUT2D eigenvalue weighted by Gasteiger charge is 2.18. The van der Waals surface area contributed by atoms with Crippen LogP contribution in [-0.4, -0.2) is 54.5 Å². The van der Waals surface area contributed by atoms with Gasteiger partial charge in [-0.2, -0.15) is 0 Å². The minimum atomic E-state index is -0.995. The highest BCUT2D eigenvalue weighted by Crippen LogP contribution is 2.21. The standard InChI is InChI=1S/C29H30BrCl2NO6/c1-2-37-27(28(34)35)18-20-5-9-25(10-6-20)38-15-14-33(29(36)39-26-11-7-22(30)8-12-26)13-3-4-21-16-23(31)19-24(32)17-21/h5-12,16-17,19,27H,2-4,13-15,18H2,1H3,(H,34,35). The van der Waals surface area contributed by atoms with Gasteiger partial charge in [0.05, 0.1) is 6.54 Å². The number of carboxylic acid groups (broad SMARTS) is 1. The fraction of sp³-hybridized carbons (Fsp3) is 0.310. The van der Waals surface area contributed by atoms with Gasteiger partial charge in [-0.3, -0.25) is 0 Å². The summed E-state index contributed by atoms with van der Waals surface area (Å²) in [4.78, 5) is 25.9. The number of hydrogen-bond donors (Lipinski definition) is 1. The lowest BCUT2D eigenvalue weighted by Crippen LogP contribution is -2.37. The molecular formula is C29H30BrCl2NO6. The van der Waals surface area contributed by atoms with Crippen molar-refractivity contribution in [3.63, 3.8) is 0 Å². The Labute approximate surface area is 246 Å². The van der Waals surface area contributed by atoms with E-state index in [1.807, 2.05) is 12.1 Å². The summed E-state index contributed by atoms with van der Waals surface area (Å²) in [6.07, 6.45) is 0.248. The van der Waals surface area contributed by atoms with Crippen LogP contribution in [0.3, 0.4) is 0 Å². The molecule has 10 heteroatoms. The van der Waals surface area contributed by atoms with E-state index < -0.39 is 18.2 Å². The molecule has 39 heavy (non-hydrogen) atoms. The summed E-state index contributed by atoms with van der Waals surface area (Å²) in [5.74, 6) is 0.0561. The van der Waals surface area contributed by atoms with Crippen LogP contribution < -0.4 is 9.47 Å². The van der Waals surface area contributed by atoms with Crippen LogP contribution in [0.2, 0.25) is 10.0 Å². The van der Waals surface area contributed by atoms with Crippen LogP contribution in [0.4, 0.5) is 4.79 Å². The molecule has 0 spiro atoms. The third-order valence-electron chi connectivity index (χ3n) is 5.71. The topological polar surface area (TPSA) is 85.3 Å². The lowest BCUT2D eigenvalue weighted by Gasteiger charge is -2.22. The zero-order valence-corrected chi connectivity index (χ0v) is 24.5. The van der Waals surface area contributed by atoms with Gasteiger partial charge in [0.2, 0.25) is 0 Å². The first-order valence-corrected chi connectivity index (χ1v) is 14.0. The number of benzene rings is 3. The minimum absolute atomic E-state index is 0.245. The second-order valence-corrected chi connectivity index (χ2v) is 10.5. The second-order valence-electron chi connectivity index (χ2n) is 8.67. The Morgan fingerprint density at radius 3 is 2.18 bits per heavy atom. The third-order valence-corrected chi connectivity index (χ3v) is 6.68. The van der Waals surface area contributed by atoms with Crippen molar-refractivity contribution >= 4 is 51.2 Å². The van der Waals surface area contributed by atoms with Crippen molar-refractivity contribution in [2.45, 2.75) is 32.3 Å². The molecule has 0 aliphatic rings. The normalized spacial score (nSPS) is 11.6. The van der Waals surface area contributed by atoms with Gasteiger partial charge in [-0.05, 0) is 85.5 Å². The number of nitrogens with zero attached hydrogens (tertiary/aromatic N) is 1. The van der Waals surface area contributed by atoms with Gasteiger partial charge in [0.15, 0.2) is 6.10 Å². The number of hydrogen-bond acceptors (Lipinski definition) is 5. The van der Waals surface area contributed by atoms with E-state index in [4.69, 9.17) is 37.4 Å². The third kappa shape index (κ3) is 10.7. The Balaban J connectivity index is 1.58. The van der Waals surface area contributed by atoms with Crippen molar-refractivity contribution in [3.8, 4) is 11.5 Å². The number of amides is 1. The summed E-state index contributed by atoms with van der Waals surface area (Å²) < 4.78 is 17.6. The number of carbonyl (C=O) groups is 2. The fourth-order valence-corrected chi connectivity index (χ4v) is 4.66. The van der Waals surface area contributed by atoms with Crippen molar-refractivity contribution in [1.82, 2.24) is 4.90 Å². The van der Waals surface area contributed by atoms with E-state index in [2.05, 4.69) is 15.9 Å². The van der Waals surface area contributed by atoms with E-state index in [0.29, 0.717) is 54.1 Å². The zero-order chi connectivity index (χ0) is 28.2. The van der Waals surface area contributed by atoms with Gasteiger partial charge in [-0.15, -0.1) is 0 Å². The maximum absolute atomic E-state index is 13.0. The van der Waals surface area contributed by atoms with Gasteiger partial charge in [0.1, 0.15) is 18.1 Å². The average molecular weight is 639 g/mol. The predicted octanol–water partition coefficient (Wildman–Crippen LogP) is 7.30. The maximum Gasteiger partial charge on any atom is 0.415 e. The van der Waals surface area contributed by atoms with Gasteiger partial charge in [-0.25, -0.2) is 9.59 Å². The van der Waals surface area contributed by atoms with E-state index in [9.17, 15) is 14.7 Å². The number of aliphatic carboxylic acids is 1. The van der Waals surface area contributed by atoms with E-state index in [0.717, 1.165) is 15.6 Å². The van der Waals surface area contributed by atoms with Crippen molar-refractivity contribution in [2.75, 3.05) is 26.3 Å². The molecule has 0 bridgehead atoms. The van der Waals surface area contributed by atoms with Crippen LogP contribution in [0.1, 0.15) is 24.5 Å². The number of aryl methyl sites for hydroxylation is 1. The summed E-state index contributed by atoms with van der Waals surface area (Å²) in [5, 5.41) is 10.4. The molecule has 3 aromatic rings. The summed E-state index contributed by atoms with van der Waals surface area (Å²) >= 11 is 15.6. The molecule has 7 nitrogen and oxygen atoms in total. The van der Waals surface area contributed by atoms with E-state index in [1.165, 1.54) is 0 Å². The SMILES string of the molecule is CCOC(Cc1ccc(OCCN(CCCc2cc(Cl)cc(Cl)c2)C(=O)Oc2ccc(Br)cc2)cc1)C(=O)O. The van der Waals surface area contributed by atoms with Crippen LogP contribution in [0.5, 0.6) is 11.5 Å². The maximum atomic E-state index is 13.0. The van der Waals surface area contributed by atoms with Gasteiger partial charge in [-0.1, -0.05) is 51.3 Å². The smallest absolute Gasteiger partial charge is 0.415 e. The molecule has 0 saturated heterocycles. The molecular weight excluding hydrogens is 609 g/mol. The van der Waals surface area contributed by atoms with E-state index >= 15 is 0 Å². The van der Waals surface area contributed by atoms with Gasteiger partial charge in [0, 0.05) is 34.1 Å². The van der Waals surface area contributed by atoms with Crippen LogP contribution in [0, 0.1) is 0 Å². The molecule has 208 valence electrons. The van der Waals surface area contributed by atoms with Gasteiger partial charge in [0.25, 0.3) is 0 Å². The molecule has 0 radical (unpaired) electrons. The molecule has 0 aliphatic heterocycles. The Morgan fingerprint density at radius 2 is 1.56 bits per heavy atom. The van der Waals surface area contributed by atoms with Crippen molar-refractivity contribution in [1.29, 1.82) is 0 Å². The number of carbonyl (C=O) groups excluding carboxylic acids is 1. The number of rotatable bonds is 14. The van der Waals surface area contributed by atoms with Crippen LogP contribution in [0.25, 0.3) is 0 Å². The van der Waals surface area contributed by atoms with Gasteiger partial charge < -0.3 is 24.2 Å². The predicted molar refractivity (Wildman–Crippen MR) is 155 cm³/mol. The molecule has 0 aromatic heterocycles. The Kier molecular flexibility index (Phi) is 12.4. The zero-order valence-electron chi connectivity index (χ0n) is 21.4. The van der Waals surface area contributed by atoms with Crippen molar-refractivity contribution in [3.05, 3.63) is 92.4 Å². The molecule has 0 heterocycles. The largest absolute Gasteiger partial charge is 0.492 e. The highest BCUT2D eigenvalue weighted by atomic mass is 79.9. The summed E-state index contributed by atoms with van der Waals surface area (Å²) in [6.45, 7) is 3.08. The van der Waals surface area contributed by atoms with Crippen molar-refractivity contribution < 1.29 is 28.9 Å². The lowest BCUT2D eigenvalue weighted by atomic mass is 10.1.